The number of sulfonamides is 1. The van der Waals surface area contributed by atoms with Crippen LogP contribution in [-0.4, -0.2) is 88.4 Å². The number of hydrogen-bond donors (Lipinski definition) is 0. The second kappa shape index (κ2) is 11.4. The number of nitrogens with zero attached hydrogens (tertiary/aromatic N) is 3. The summed E-state index contributed by atoms with van der Waals surface area (Å²) in [4.78, 5) is 18.9. The van der Waals surface area contributed by atoms with Gasteiger partial charge in [-0.3, -0.25) is 9.79 Å². The molecule has 40 heavy (non-hydrogen) atoms. The second-order valence-electron chi connectivity index (χ2n) is 10.4. The highest BCUT2D eigenvalue weighted by Gasteiger charge is 2.39. The van der Waals surface area contributed by atoms with Crippen molar-refractivity contribution >= 4 is 21.7 Å². The van der Waals surface area contributed by atoms with Crippen molar-refractivity contribution in [2.45, 2.75) is 55.8 Å². The summed E-state index contributed by atoms with van der Waals surface area (Å²) in [6, 6.07) is 9.59. The van der Waals surface area contributed by atoms with Crippen molar-refractivity contribution in [1.29, 1.82) is 0 Å². The first-order valence-electron chi connectivity index (χ1n) is 13.3. The van der Waals surface area contributed by atoms with Gasteiger partial charge in [-0.2, -0.15) is 13.1 Å². The minimum Gasteiger partial charge on any atom is -0.493 e. The van der Waals surface area contributed by atoms with E-state index in [4.69, 9.17) is 19.2 Å². The molecule has 3 unspecified atom stereocenters. The lowest BCUT2D eigenvalue weighted by atomic mass is 9.74. The van der Waals surface area contributed by atoms with Crippen molar-refractivity contribution in [3.05, 3.63) is 53.1 Å². The predicted octanol–water partition coefficient (Wildman–Crippen LogP) is 3.65. The van der Waals surface area contributed by atoms with E-state index in [0.29, 0.717) is 62.3 Å². The summed E-state index contributed by atoms with van der Waals surface area (Å²) in [6.45, 7) is 0.388. The zero-order valence-electron chi connectivity index (χ0n) is 22.7. The fourth-order valence-corrected chi connectivity index (χ4v) is 7.30. The normalized spacial score (nSPS) is 23.6. The number of likely N-dealkylation sites (N-methyl/N-ethyl adjacent to an activating group) is 1. The Labute approximate surface area is 232 Å². The van der Waals surface area contributed by atoms with E-state index >= 15 is 0 Å². The van der Waals surface area contributed by atoms with E-state index in [1.807, 2.05) is 7.05 Å². The summed E-state index contributed by atoms with van der Waals surface area (Å²) < 4.78 is 70.7. The van der Waals surface area contributed by atoms with Gasteiger partial charge in [-0.05, 0) is 56.1 Å². The third kappa shape index (κ3) is 5.70. The molecule has 1 aliphatic carbocycles. The highest BCUT2D eigenvalue weighted by Crippen LogP contribution is 2.46. The van der Waals surface area contributed by atoms with Gasteiger partial charge in [0.15, 0.2) is 11.5 Å². The van der Waals surface area contributed by atoms with Gasteiger partial charge >= 0.3 is 12.6 Å². The summed E-state index contributed by atoms with van der Waals surface area (Å²) in [6.07, 6.45) is 1.50. The molecule has 2 aromatic carbocycles. The Hall–Kier alpha value is -3.09. The van der Waals surface area contributed by atoms with Crippen molar-refractivity contribution in [3.8, 4) is 11.5 Å². The Kier molecular flexibility index (Phi) is 8.12. The van der Waals surface area contributed by atoms with Gasteiger partial charge in [0.2, 0.25) is 10.0 Å². The quantitative estimate of drug-likeness (QED) is 0.464. The van der Waals surface area contributed by atoms with Crippen molar-refractivity contribution in [2.24, 2.45) is 4.99 Å². The lowest BCUT2D eigenvalue weighted by molar-refractivity contribution is -0.148. The van der Waals surface area contributed by atoms with E-state index in [9.17, 15) is 22.0 Å². The molecule has 2 aliphatic heterocycles. The number of ether oxygens (including phenoxy) is 3. The Morgan fingerprint density at radius 2 is 1.82 bits per heavy atom. The van der Waals surface area contributed by atoms with Crippen LogP contribution in [0.15, 0.2) is 46.3 Å². The number of rotatable bonds is 7. The van der Waals surface area contributed by atoms with Crippen LogP contribution >= 0.6 is 0 Å². The van der Waals surface area contributed by atoms with Crippen LogP contribution in [0.4, 0.5) is 8.78 Å². The van der Waals surface area contributed by atoms with E-state index in [1.54, 1.807) is 30.3 Å². The molecule has 0 spiro atoms. The molecule has 1 saturated heterocycles. The summed E-state index contributed by atoms with van der Waals surface area (Å²) in [5.41, 5.74) is 2.41. The molecule has 9 nitrogen and oxygen atoms in total. The average Bonchev–Trinajstić information content (AvgIpc) is 2.92. The monoisotopic (exact) mass is 577 g/mol. The van der Waals surface area contributed by atoms with Crippen molar-refractivity contribution in [1.82, 2.24) is 9.21 Å². The minimum absolute atomic E-state index is 0.143. The van der Waals surface area contributed by atoms with Gasteiger partial charge in [0.25, 0.3) is 0 Å². The standard InChI is InChI=1S/C28H33F2N3O6S/c1-17(34)38-19-7-8-24-22(14-19)21-15-25(37-3)26(39-28(29)30)16-23(21)27(31-24)18-5-4-6-20(13-18)40(35,36)33-11-9-32(2)10-12-33/h4-6,13,15-16,19,22,24,28H,7-12,14H2,1-3H3. The topological polar surface area (TPSA) is 97.7 Å². The van der Waals surface area contributed by atoms with Crippen LogP contribution in [0, 0.1) is 0 Å². The fraction of sp³-hybridized carbons (Fsp3) is 0.500. The van der Waals surface area contributed by atoms with Gasteiger partial charge in [-0.15, -0.1) is 0 Å². The number of methoxy groups -OCH3 is 1. The molecule has 216 valence electrons. The molecule has 3 atom stereocenters. The Morgan fingerprint density at radius 3 is 2.50 bits per heavy atom. The molecule has 0 N–H and O–H groups in total. The fourth-order valence-electron chi connectivity index (χ4n) is 5.83. The Bertz CT molecular complexity index is 1410. The Morgan fingerprint density at radius 1 is 1.07 bits per heavy atom. The molecule has 1 saturated carbocycles. The predicted molar refractivity (Wildman–Crippen MR) is 144 cm³/mol. The highest BCUT2D eigenvalue weighted by atomic mass is 32.2. The summed E-state index contributed by atoms with van der Waals surface area (Å²) in [5.74, 6) is -0.500. The van der Waals surface area contributed by atoms with Gasteiger partial charge < -0.3 is 19.1 Å². The molecule has 2 heterocycles. The number of fused-ring (bicyclic) bond motifs is 3. The van der Waals surface area contributed by atoms with Crippen molar-refractivity contribution < 1.29 is 36.2 Å². The number of benzene rings is 2. The van der Waals surface area contributed by atoms with Gasteiger partial charge in [0.1, 0.15) is 6.10 Å². The molecule has 0 amide bonds. The molecule has 3 aliphatic rings. The van der Waals surface area contributed by atoms with E-state index in [0.717, 1.165) is 5.56 Å². The summed E-state index contributed by atoms with van der Waals surface area (Å²) in [5, 5.41) is 0. The average molecular weight is 578 g/mol. The second-order valence-corrected chi connectivity index (χ2v) is 12.3. The van der Waals surface area contributed by atoms with E-state index in [1.165, 1.54) is 24.4 Å². The molecule has 0 bridgehead atoms. The molecule has 2 fully saturated rings. The van der Waals surface area contributed by atoms with Gasteiger partial charge in [0, 0.05) is 50.1 Å². The number of hydrogen-bond acceptors (Lipinski definition) is 8. The number of aliphatic imine (C=N–C) groups is 1. The molecule has 12 heteroatoms. The smallest absolute Gasteiger partial charge is 0.387 e. The van der Waals surface area contributed by atoms with Crippen molar-refractivity contribution in [3.63, 3.8) is 0 Å². The third-order valence-corrected chi connectivity index (χ3v) is 9.70. The first-order chi connectivity index (χ1) is 19.1. The highest BCUT2D eigenvalue weighted by molar-refractivity contribution is 7.89. The number of carbonyl (C=O) groups excluding carboxylic acids is 1. The van der Waals surface area contributed by atoms with E-state index < -0.39 is 16.6 Å². The van der Waals surface area contributed by atoms with Gasteiger partial charge in [-0.25, -0.2) is 8.42 Å². The first-order valence-corrected chi connectivity index (χ1v) is 14.7. The van der Waals surface area contributed by atoms with E-state index in [2.05, 4.69) is 4.90 Å². The van der Waals surface area contributed by atoms with Crippen LogP contribution in [0.2, 0.25) is 0 Å². The largest absolute Gasteiger partial charge is 0.493 e. The molecular formula is C28H33F2N3O6S. The summed E-state index contributed by atoms with van der Waals surface area (Å²) >= 11 is 0. The maximum absolute atomic E-state index is 13.5. The molecule has 2 aromatic rings. The maximum atomic E-state index is 13.5. The van der Waals surface area contributed by atoms with E-state index in [-0.39, 0.29) is 40.4 Å². The van der Waals surface area contributed by atoms with Crippen LogP contribution in [0.5, 0.6) is 11.5 Å². The van der Waals surface area contributed by atoms with Gasteiger partial charge in [0.05, 0.1) is 23.8 Å². The first kappa shape index (κ1) is 28.4. The van der Waals surface area contributed by atoms with Gasteiger partial charge in [-0.1, -0.05) is 12.1 Å². The molecule has 5 rings (SSSR count). The van der Waals surface area contributed by atoms with Crippen molar-refractivity contribution in [2.75, 3.05) is 40.3 Å². The lowest BCUT2D eigenvalue weighted by Crippen LogP contribution is -2.47. The lowest BCUT2D eigenvalue weighted by Gasteiger charge is -2.38. The van der Waals surface area contributed by atoms with Crippen LogP contribution in [0.3, 0.4) is 0 Å². The van der Waals surface area contributed by atoms with Crippen LogP contribution in [0.25, 0.3) is 0 Å². The molecular weight excluding hydrogens is 544 g/mol. The molecule has 0 radical (unpaired) electrons. The zero-order valence-corrected chi connectivity index (χ0v) is 23.5. The third-order valence-electron chi connectivity index (χ3n) is 7.81. The maximum Gasteiger partial charge on any atom is 0.387 e. The number of carbonyl (C=O) groups is 1. The minimum atomic E-state index is -3.74. The number of piperazine rings is 1. The Balaban J connectivity index is 1.58. The summed E-state index contributed by atoms with van der Waals surface area (Å²) in [7, 11) is -0.406. The number of esters is 1. The molecule has 0 aromatic heterocycles. The van der Waals surface area contributed by atoms with Crippen LogP contribution in [-0.2, 0) is 19.6 Å². The zero-order chi connectivity index (χ0) is 28.6. The SMILES string of the molecule is COc1cc2c(cc1OC(F)F)C(c1cccc(S(=O)(=O)N3CCN(C)CC3)c1)=NC1CCC(OC(C)=O)CC21. The number of halogens is 2. The number of alkyl halides is 2. The van der Waals surface area contributed by atoms with Crippen LogP contribution < -0.4 is 9.47 Å². The van der Waals surface area contributed by atoms with Crippen LogP contribution in [0.1, 0.15) is 48.8 Å².